The molecule has 1 N–H and O–H groups in total. The van der Waals surface area contributed by atoms with Crippen molar-refractivity contribution >= 4 is 0 Å². The van der Waals surface area contributed by atoms with Crippen LogP contribution < -0.4 is 5.32 Å². The number of rotatable bonds is 6. The summed E-state index contributed by atoms with van der Waals surface area (Å²) in [4.78, 5) is 4.82. The van der Waals surface area contributed by atoms with Crippen LogP contribution in [0, 0.1) is 5.82 Å². The van der Waals surface area contributed by atoms with Gasteiger partial charge in [-0.2, -0.15) is 0 Å². The van der Waals surface area contributed by atoms with E-state index < -0.39 is 0 Å². The predicted molar refractivity (Wildman–Crippen MR) is 86.1 cm³/mol. The second-order valence-electron chi connectivity index (χ2n) is 6.20. The van der Waals surface area contributed by atoms with Gasteiger partial charge in [0.05, 0.1) is 0 Å². The second-order valence-corrected chi connectivity index (χ2v) is 6.20. The van der Waals surface area contributed by atoms with Crippen LogP contribution in [-0.4, -0.2) is 62.2 Å². The summed E-state index contributed by atoms with van der Waals surface area (Å²) in [5.41, 5.74) is 1.07. The maximum absolute atomic E-state index is 13.4. The molecule has 4 heteroatoms. The minimum atomic E-state index is -0.143. The van der Waals surface area contributed by atoms with Crippen molar-refractivity contribution < 1.29 is 4.39 Å². The van der Waals surface area contributed by atoms with E-state index in [9.17, 15) is 4.39 Å². The van der Waals surface area contributed by atoms with E-state index in [0.717, 1.165) is 44.6 Å². The number of halogens is 1. The molecule has 1 heterocycles. The Bertz CT molecular complexity index is 438. The summed E-state index contributed by atoms with van der Waals surface area (Å²) in [6, 6.07) is 7.83. The van der Waals surface area contributed by atoms with Gasteiger partial charge in [0.15, 0.2) is 0 Å². The van der Waals surface area contributed by atoms with Gasteiger partial charge in [-0.25, -0.2) is 4.39 Å². The lowest BCUT2D eigenvalue weighted by atomic mass is 9.96. The standard InChI is InChI=1S/C17H28FN3/c1-4-8-19-16(12-14-6-5-7-15(18)11-14)17-13-20(2)9-10-21(17)3/h5-7,11,16-17,19H,4,8-10,12-13H2,1-3H3. The highest BCUT2D eigenvalue weighted by Gasteiger charge is 2.29. The molecule has 21 heavy (non-hydrogen) atoms. The van der Waals surface area contributed by atoms with Crippen molar-refractivity contribution in [1.29, 1.82) is 0 Å². The number of nitrogens with one attached hydrogen (secondary N) is 1. The molecule has 0 aliphatic carbocycles. The van der Waals surface area contributed by atoms with E-state index in [4.69, 9.17) is 0 Å². The molecule has 2 atom stereocenters. The van der Waals surface area contributed by atoms with Gasteiger partial charge in [0.25, 0.3) is 0 Å². The largest absolute Gasteiger partial charge is 0.312 e. The number of piperazine rings is 1. The summed E-state index contributed by atoms with van der Waals surface area (Å²) in [7, 11) is 4.38. The van der Waals surface area contributed by atoms with Crippen LogP contribution in [0.4, 0.5) is 4.39 Å². The van der Waals surface area contributed by atoms with E-state index in [1.165, 1.54) is 6.07 Å². The van der Waals surface area contributed by atoms with Crippen LogP contribution >= 0.6 is 0 Å². The van der Waals surface area contributed by atoms with E-state index in [-0.39, 0.29) is 5.82 Å². The first-order valence-corrected chi connectivity index (χ1v) is 7.96. The summed E-state index contributed by atoms with van der Waals surface area (Å²) in [6.45, 7) is 6.46. The Kier molecular flexibility index (Phi) is 6.15. The molecule has 1 aromatic carbocycles. The Hall–Kier alpha value is -0.970. The maximum Gasteiger partial charge on any atom is 0.123 e. The molecule has 0 amide bonds. The van der Waals surface area contributed by atoms with Gasteiger partial charge >= 0.3 is 0 Å². The van der Waals surface area contributed by atoms with Crippen LogP contribution in [0.1, 0.15) is 18.9 Å². The molecule has 118 valence electrons. The van der Waals surface area contributed by atoms with Crippen LogP contribution in [0.2, 0.25) is 0 Å². The van der Waals surface area contributed by atoms with E-state index in [0.29, 0.717) is 12.1 Å². The molecule has 0 bridgehead atoms. The lowest BCUT2D eigenvalue weighted by molar-refractivity contribution is 0.0876. The molecule has 0 spiro atoms. The zero-order valence-corrected chi connectivity index (χ0v) is 13.5. The highest BCUT2D eigenvalue weighted by atomic mass is 19.1. The van der Waals surface area contributed by atoms with Crippen LogP contribution in [0.5, 0.6) is 0 Å². The molecule has 2 unspecified atom stereocenters. The van der Waals surface area contributed by atoms with Gasteiger partial charge in [0.1, 0.15) is 5.82 Å². The lowest BCUT2D eigenvalue weighted by Gasteiger charge is -2.42. The van der Waals surface area contributed by atoms with E-state index in [1.807, 2.05) is 6.07 Å². The molecule has 3 nitrogen and oxygen atoms in total. The fourth-order valence-electron chi connectivity index (χ4n) is 3.07. The maximum atomic E-state index is 13.4. The highest BCUT2D eigenvalue weighted by molar-refractivity contribution is 5.18. The normalized spacial score (nSPS) is 22.4. The summed E-state index contributed by atoms with van der Waals surface area (Å²) in [5, 5.41) is 3.67. The van der Waals surface area contributed by atoms with Gasteiger partial charge in [0.2, 0.25) is 0 Å². The van der Waals surface area contributed by atoms with Crippen molar-refractivity contribution in [3.05, 3.63) is 35.6 Å². The molecular weight excluding hydrogens is 265 g/mol. The van der Waals surface area contributed by atoms with Gasteiger partial charge in [-0.3, -0.25) is 4.90 Å². The third kappa shape index (κ3) is 4.77. The Morgan fingerprint density at radius 1 is 1.33 bits per heavy atom. The number of nitrogens with zero attached hydrogens (tertiary/aromatic N) is 2. The van der Waals surface area contributed by atoms with Crippen LogP contribution in [0.25, 0.3) is 0 Å². The topological polar surface area (TPSA) is 18.5 Å². The Morgan fingerprint density at radius 2 is 2.14 bits per heavy atom. The summed E-state index contributed by atoms with van der Waals surface area (Å²) in [5.74, 6) is -0.143. The fourth-order valence-corrected chi connectivity index (χ4v) is 3.07. The van der Waals surface area contributed by atoms with Crippen molar-refractivity contribution in [3.63, 3.8) is 0 Å². The third-order valence-electron chi connectivity index (χ3n) is 4.36. The second kappa shape index (κ2) is 7.87. The lowest BCUT2D eigenvalue weighted by Crippen LogP contribution is -2.59. The van der Waals surface area contributed by atoms with Crippen LogP contribution in [0.3, 0.4) is 0 Å². The Morgan fingerprint density at radius 3 is 2.86 bits per heavy atom. The van der Waals surface area contributed by atoms with Crippen LogP contribution in [-0.2, 0) is 6.42 Å². The minimum Gasteiger partial charge on any atom is -0.312 e. The van der Waals surface area contributed by atoms with Crippen molar-refractivity contribution in [2.45, 2.75) is 31.8 Å². The molecule has 0 saturated carbocycles. The fraction of sp³-hybridized carbons (Fsp3) is 0.647. The predicted octanol–water partition coefficient (Wildman–Crippen LogP) is 1.98. The van der Waals surface area contributed by atoms with Crippen molar-refractivity contribution in [2.24, 2.45) is 0 Å². The SMILES string of the molecule is CCCNC(Cc1cccc(F)c1)C1CN(C)CCN1C. The van der Waals surface area contributed by atoms with E-state index in [1.54, 1.807) is 12.1 Å². The number of benzene rings is 1. The zero-order valence-electron chi connectivity index (χ0n) is 13.5. The molecule has 1 saturated heterocycles. The van der Waals surface area contributed by atoms with E-state index in [2.05, 4.69) is 36.1 Å². The Labute approximate surface area is 128 Å². The van der Waals surface area contributed by atoms with Gasteiger partial charge in [0, 0.05) is 31.7 Å². The molecular formula is C17H28FN3. The summed E-state index contributed by atoms with van der Waals surface area (Å²) < 4.78 is 13.4. The average Bonchev–Trinajstić information content (AvgIpc) is 2.46. The van der Waals surface area contributed by atoms with Gasteiger partial charge in [-0.05, 0) is 51.2 Å². The first kappa shape index (κ1) is 16.4. The van der Waals surface area contributed by atoms with Gasteiger partial charge in [-0.15, -0.1) is 0 Å². The quantitative estimate of drug-likeness (QED) is 0.865. The highest BCUT2D eigenvalue weighted by Crippen LogP contribution is 2.15. The van der Waals surface area contributed by atoms with Gasteiger partial charge < -0.3 is 10.2 Å². The van der Waals surface area contributed by atoms with Gasteiger partial charge in [-0.1, -0.05) is 19.1 Å². The first-order chi connectivity index (χ1) is 10.1. The third-order valence-corrected chi connectivity index (χ3v) is 4.36. The molecule has 2 rings (SSSR count). The first-order valence-electron chi connectivity index (χ1n) is 7.96. The molecule has 1 aliphatic rings. The Balaban J connectivity index is 2.09. The van der Waals surface area contributed by atoms with E-state index >= 15 is 0 Å². The monoisotopic (exact) mass is 293 g/mol. The molecule has 0 radical (unpaired) electrons. The average molecular weight is 293 g/mol. The summed E-state index contributed by atoms with van der Waals surface area (Å²) >= 11 is 0. The zero-order chi connectivity index (χ0) is 15.2. The molecule has 0 aromatic heterocycles. The number of hydrogen-bond donors (Lipinski definition) is 1. The number of hydrogen-bond acceptors (Lipinski definition) is 3. The summed E-state index contributed by atoms with van der Waals surface area (Å²) in [6.07, 6.45) is 1.99. The minimum absolute atomic E-state index is 0.143. The molecule has 1 aliphatic heterocycles. The van der Waals surface area contributed by atoms with Crippen molar-refractivity contribution in [3.8, 4) is 0 Å². The molecule has 1 fully saturated rings. The van der Waals surface area contributed by atoms with Crippen molar-refractivity contribution in [1.82, 2.24) is 15.1 Å². The molecule has 1 aromatic rings. The van der Waals surface area contributed by atoms with Crippen molar-refractivity contribution in [2.75, 3.05) is 40.3 Å². The number of likely N-dealkylation sites (N-methyl/N-ethyl adjacent to an activating group) is 2. The smallest absolute Gasteiger partial charge is 0.123 e. The van der Waals surface area contributed by atoms with Crippen LogP contribution in [0.15, 0.2) is 24.3 Å².